The molecule has 0 heterocycles. The molecule has 5 nitrogen and oxygen atoms in total. The van der Waals surface area contributed by atoms with E-state index in [1.807, 2.05) is 13.8 Å². The van der Waals surface area contributed by atoms with Crippen LogP contribution in [0.15, 0.2) is 0 Å². The normalized spacial score (nSPS) is 16.5. The molecule has 0 aliphatic carbocycles. The highest BCUT2D eigenvalue weighted by Gasteiger charge is 2.28. The van der Waals surface area contributed by atoms with Gasteiger partial charge in [0.2, 0.25) is 0 Å². The predicted molar refractivity (Wildman–Crippen MR) is 64.2 cm³/mol. The second-order valence-corrected chi connectivity index (χ2v) is 7.50. The number of rotatable bonds is 6. The fourth-order valence-corrected chi connectivity index (χ4v) is 5.03. The van der Waals surface area contributed by atoms with Crippen molar-refractivity contribution in [1.82, 2.24) is 10.4 Å². The molecule has 0 saturated heterocycles. The molecule has 2 amide bonds. The van der Waals surface area contributed by atoms with Crippen molar-refractivity contribution in [2.75, 3.05) is 13.7 Å². The minimum atomic E-state index is -3.11. The largest absolute Gasteiger partial charge is 0.354 e. The van der Waals surface area contributed by atoms with Crippen LogP contribution < -0.4 is 10.4 Å². The smallest absolute Gasteiger partial charge is 0.341 e. The SMILES string of the molecule is CCOP(=O)(NC(=O)NC)SC(C)CC. The molecule has 0 bridgehead atoms. The zero-order valence-corrected chi connectivity index (χ0v) is 11.3. The molecule has 7 heteroatoms. The van der Waals surface area contributed by atoms with Crippen LogP contribution in [0.5, 0.6) is 0 Å². The lowest BCUT2D eigenvalue weighted by atomic mass is 10.4. The second kappa shape index (κ2) is 7.14. The van der Waals surface area contributed by atoms with Crippen LogP contribution in [0.25, 0.3) is 0 Å². The van der Waals surface area contributed by atoms with Crippen molar-refractivity contribution in [2.24, 2.45) is 0 Å². The lowest BCUT2D eigenvalue weighted by Gasteiger charge is -2.20. The summed E-state index contributed by atoms with van der Waals surface area (Å²) in [5, 5.41) is 4.89. The van der Waals surface area contributed by atoms with E-state index in [9.17, 15) is 9.36 Å². The van der Waals surface area contributed by atoms with Gasteiger partial charge in [0.1, 0.15) is 0 Å². The van der Waals surface area contributed by atoms with Gasteiger partial charge in [0, 0.05) is 12.3 Å². The van der Waals surface area contributed by atoms with Crippen molar-refractivity contribution in [3.8, 4) is 0 Å². The van der Waals surface area contributed by atoms with Gasteiger partial charge >= 0.3 is 12.8 Å². The average molecular weight is 254 g/mol. The maximum Gasteiger partial charge on any atom is 0.354 e. The van der Waals surface area contributed by atoms with Crippen molar-refractivity contribution in [3.05, 3.63) is 0 Å². The van der Waals surface area contributed by atoms with Gasteiger partial charge in [-0.25, -0.2) is 4.79 Å². The summed E-state index contributed by atoms with van der Waals surface area (Å²) in [6, 6.07) is -0.484. The number of hydrogen-bond acceptors (Lipinski definition) is 4. The van der Waals surface area contributed by atoms with Crippen LogP contribution >= 0.6 is 18.1 Å². The Bertz CT molecular complexity index is 250. The monoisotopic (exact) mass is 254 g/mol. The molecule has 2 N–H and O–H groups in total. The summed E-state index contributed by atoms with van der Waals surface area (Å²) < 4.78 is 17.2. The van der Waals surface area contributed by atoms with Gasteiger partial charge in [-0.2, -0.15) is 0 Å². The molecule has 0 radical (unpaired) electrons. The van der Waals surface area contributed by atoms with E-state index in [0.29, 0.717) is 6.61 Å². The van der Waals surface area contributed by atoms with Crippen LogP contribution in [0.4, 0.5) is 4.79 Å². The number of carbonyl (C=O) groups is 1. The lowest BCUT2D eigenvalue weighted by Crippen LogP contribution is -2.30. The molecule has 90 valence electrons. The topological polar surface area (TPSA) is 67.4 Å². The van der Waals surface area contributed by atoms with Crippen molar-refractivity contribution in [3.63, 3.8) is 0 Å². The maximum absolute atomic E-state index is 12.1. The molecule has 0 aliphatic rings. The first-order chi connectivity index (χ1) is 6.97. The van der Waals surface area contributed by atoms with E-state index in [0.717, 1.165) is 6.42 Å². The molecule has 0 fully saturated rings. The maximum atomic E-state index is 12.1. The van der Waals surface area contributed by atoms with Gasteiger partial charge in [0.15, 0.2) is 0 Å². The average Bonchev–Trinajstić information content (AvgIpc) is 2.17. The summed E-state index contributed by atoms with van der Waals surface area (Å²) in [6.45, 7) is 2.89. The zero-order valence-electron chi connectivity index (χ0n) is 9.57. The van der Waals surface area contributed by atoms with Gasteiger partial charge in [-0.1, -0.05) is 13.8 Å². The number of amides is 2. The Balaban J connectivity index is 4.44. The van der Waals surface area contributed by atoms with Crippen LogP contribution in [-0.4, -0.2) is 24.9 Å². The first kappa shape index (κ1) is 14.8. The lowest BCUT2D eigenvalue weighted by molar-refractivity contribution is 0.245. The summed E-state index contributed by atoms with van der Waals surface area (Å²) in [6.07, 6.45) is 0.872. The highest BCUT2D eigenvalue weighted by molar-refractivity contribution is 8.56. The van der Waals surface area contributed by atoms with Crippen molar-refractivity contribution in [1.29, 1.82) is 0 Å². The molecule has 15 heavy (non-hydrogen) atoms. The van der Waals surface area contributed by atoms with Crippen LogP contribution in [0.3, 0.4) is 0 Å². The Labute approximate surface area is 95.0 Å². The minimum absolute atomic E-state index is 0.180. The van der Waals surface area contributed by atoms with E-state index >= 15 is 0 Å². The van der Waals surface area contributed by atoms with E-state index in [4.69, 9.17) is 4.52 Å². The van der Waals surface area contributed by atoms with Crippen LogP contribution in [0.2, 0.25) is 0 Å². The zero-order chi connectivity index (χ0) is 11.9. The highest BCUT2D eigenvalue weighted by atomic mass is 32.7. The molecular formula is C8H19N2O3PS. The van der Waals surface area contributed by atoms with E-state index in [2.05, 4.69) is 10.4 Å². The van der Waals surface area contributed by atoms with Crippen LogP contribution in [0, 0.1) is 0 Å². The molecule has 0 aromatic heterocycles. The van der Waals surface area contributed by atoms with Crippen LogP contribution in [0.1, 0.15) is 27.2 Å². The molecule has 0 aliphatic heterocycles. The van der Waals surface area contributed by atoms with Gasteiger partial charge in [-0.15, -0.1) is 0 Å². The number of urea groups is 1. The summed E-state index contributed by atoms with van der Waals surface area (Å²) in [5.41, 5.74) is 0. The fraction of sp³-hybridized carbons (Fsp3) is 0.875. The third-order valence-electron chi connectivity index (χ3n) is 1.66. The fourth-order valence-electron chi connectivity index (χ4n) is 0.751. The molecule has 2 unspecified atom stereocenters. The van der Waals surface area contributed by atoms with Gasteiger partial charge < -0.3 is 9.84 Å². The standard InChI is InChI=1S/C8H19N2O3PS/c1-5-7(3)15-14(12,13-6-2)10-8(11)9-4/h7H,5-6H2,1-4H3,(H2,9,10,11,12). The van der Waals surface area contributed by atoms with Crippen LogP contribution in [-0.2, 0) is 9.09 Å². The Morgan fingerprint density at radius 3 is 2.53 bits per heavy atom. The summed E-state index contributed by atoms with van der Waals surface area (Å²) >= 11 is 1.18. The van der Waals surface area contributed by atoms with Crippen molar-refractivity contribution < 1.29 is 13.9 Å². The predicted octanol–water partition coefficient (Wildman–Crippen LogP) is 2.59. The number of carbonyl (C=O) groups excluding carboxylic acids is 1. The Morgan fingerprint density at radius 2 is 2.13 bits per heavy atom. The molecule has 0 aromatic carbocycles. The number of nitrogens with one attached hydrogen (secondary N) is 2. The summed E-state index contributed by atoms with van der Waals surface area (Å²) in [4.78, 5) is 11.1. The molecular weight excluding hydrogens is 235 g/mol. The molecule has 0 spiro atoms. The van der Waals surface area contributed by atoms with Gasteiger partial charge in [0.05, 0.1) is 6.61 Å². The molecule has 0 aromatic rings. The van der Waals surface area contributed by atoms with Crippen molar-refractivity contribution >= 4 is 24.1 Å². The summed E-state index contributed by atoms with van der Waals surface area (Å²) in [5.74, 6) is 0. The molecule has 0 saturated carbocycles. The molecule has 2 atom stereocenters. The van der Waals surface area contributed by atoms with E-state index in [1.54, 1.807) is 6.92 Å². The summed E-state index contributed by atoms with van der Waals surface area (Å²) in [7, 11) is 1.47. The van der Waals surface area contributed by atoms with Gasteiger partial charge in [-0.05, 0) is 24.7 Å². The second-order valence-electron chi connectivity index (χ2n) is 2.93. The van der Waals surface area contributed by atoms with E-state index < -0.39 is 12.8 Å². The quantitative estimate of drug-likeness (QED) is 0.715. The molecule has 0 rings (SSSR count). The van der Waals surface area contributed by atoms with Gasteiger partial charge in [0.25, 0.3) is 0 Å². The minimum Gasteiger partial charge on any atom is -0.341 e. The highest BCUT2D eigenvalue weighted by Crippen LogP contribution is 2.58. The van der Waals surface area contributed by atoms with E-state index in [1.165, 1.54) is 18.4 Å². The first-order valence-electron chi connectivity index (χ1n) is 4.90. The van der Waals surface area contributed by atoms with Crippen molar-refractivity contribution in [2.45, 2.75) is 32.4 Å². The third-order valence-corrected chi connectivity index (χ3v) is 6.21. The first-order valence-corrected chi connectivity index (χ1v) is 8.01. The van der Waals surface area contributed by atoms with Gasteiger partial charge in [-0.3, -0.25) is 9.65 Å². The Hall–Kier alpha value is -0.190. The van der Waals surface area contributed by atoms with E-state index in [-0.39, 0.29) is 5.25 Å². The third kappa shape index (κ3) is 6.07. The Kier molecular flexibility index (Phi) is 7.05. The Morgan fingerprint density at radius 1 is 1.53 bits per heavy atom. The number of hydrogen-bond donors (Lipinski definition) is 2.